The quantitative estimate of drug-likeness (QED) is 0.645. The van der Waals surface area contributed by atoms with E-state index in [-0.39, 0.29) is 6.04 Å². The molecule has 0 amide bonds. The summed E-state index contributed by atoms with van der Waals surface area (Å²) in [4.78, 5) is 1.39. The van der Waals surface area contributed by atoms with Gasteiger partial charge in [0, 0.05) is 15.9 Å². The van der Waals surface area contributed by atoms with Gasteiger partial charge in [-0.3, -0.25) is 11.3 Å². The Kier molecular flexibility index (Phi) is 4.78. The highest BCUT2D eigenvalue weighted by Gasteiger charge is 2.12. The summed E-state index contributed by atoms with van der Waals surface area (Å²) < 4.78 is 0. The van der Waals surface area contributed by atoms with Gasteiger partial charge in [0.05, 0.1) is 0 Å². The Morgan fingerprint density at radius 2 is 2.22 bits per heavy atom. The number of nitrogens with two attached hydrogens (primary N) is 1. The van der Waals surface area contributed by atoms with E-state index < -0.39 is 0 Å². The van der Waals surface area contributed by atoms with Gasteiger partial charge in [0.25, 0.3) is 0 Å². The minimum Gasteiger partial charge on any atom is -0.271 e. The van der Waals surface area contributed by atoms with E-state index in [0.717, 1.165) is 17.9 Å². The Bertz CT molecular complexity index is 497. The van der Waals surface area contributed by atoms with Gasteiger partial charge < -0.3 is 0 Å². The molecule has 2 aromatic rings. The largest absolute Gasteiger partial charge is 0.271 e. The van der Waals surface area contributed by atoms with Crippen molar-refractivity contribution in [1.82, 2.24) is 5.43 Å². The van der Waals surface area contributed by atoms with Gasteiger partial charge in [-0.2, -0.15) is 0 Å². The van der Waals surface area contributed by atoms with E-state index in [1.54, 1.807) is 11.3 Å². The van der Waals surface area contributed by atoms with Crippen LogP contribution >= 0.6 is 22.9 Å². The normalized spacial score (nSPS) is 12.6. The molecule has 1 aromatic heterocycles. The van der Waals surface area contributed by atoms with Crippen molar-refractivity contribution < 1.29 is 0 Å². The maximum absolute atomic E-state index is 5.97. The predicted octanol–water partition coefficient (Wildman–Crippen LogP) is 3.85. The molecule has 0 saturated carbocycles. The minimum atomic E-state index is 0.171. The minimum absolute atomic E-state index is 0.171. The molecule has 0 spiro atoms. The lowest BCUT2D eigenvalue weighted by Crippen LogP contribution is -2.28. The second kappa shape index (κ2) is 6.34. The van der Waals surface area contributed by atoms with Crippen LogP contribution in [-0.2, 0) is 6.42 Å². The van der Waals surface area contributed by atoms with Gasteiger partial charge in [-0.15, -0.1) is 11.3 Å². The molecule has 1 aromatic carbocycles. The molecule has 96 valence electrons. The zero-order valence-corrected chi connectivity index (χ0v) is 11.9. The third kappa shape index (κ3) is 3.33. The van der Waals surface area contributed by atoms with Crippen molar-refractivity contribution >= 4 is 22.9 Å². The SMILES string of the molecule is Cc1cc(Cl)ccc1C(CCc1cccs1)NN. The molecule has 1 atom stereocenters. The van der Waals surface area contributed by atoms with E-state index >= 15 is 0 Å². The molecule has 1 heterocycles. The smallest absolute Gasteiger partial charge is 0.0466 e. The monoisotopic (exact) mass is 280 g/mol. The molecule has 0 aliphatic carbocycles. The average Bonchev–Trinajstić information content (AvgIpc) is 2.85. The number of thiophene rings is 1. The zero-order chi connectivity index (χ0) is 13.0. The number of nitrogens with one attached hydrogen (secondary N) is 1. The summed E-state index contributed by atoms with van der Waals surface area (Å²) in [6.07, 6.45) is 2.02. The van der Waals surface area contributed by atoms with Crippen molar-refractivity contribution in [3.05, 3.63) is 56.7 Å². The molecule has 0 radical (unpaired) electrons. The lowest BCUT2D eigenvalue weighted by molar-refractivity contribution is 0.516. The first-order valence-electron chi connectivity index (χ1n) is 5.95. The standard InChI is InChI=1S/C14H17ClN2S/c1-10-9-11(15)4-6-13(10)14(17-16)7-5-12-3-2-8-18-12/h2-4,6,8-9,14,17H,5,7,16H2,1H3. The van der Waals surface area contributed by atoms with Gasteiger partial charge in [-0.1, -0.05) is 23.7 Å². The molecule has 0 aliphatic rings. The molecule has 3 N–H and O–H groups in total. The Balaban J connectivity index is 2.08. The van der Waals surface area contributed by atoms with Crippen LogP contribution in [0.3, 0.4) is 0 Å². The summed E-state index contributed by atoms with van der Waals surface area (Å²) in [5.74, 6) is 5.67. The molecule has 0 aliphatic heterocycles. The molecule has 0 saturated heterocycles. The Hall–Kier alpha value is -0.870. The van der Waals surface area contributed by atoms with Crippen molar-refractivity contribution in [3.63, 3.8) is 0 Å². The Morgan fingerprint density at radius 1 is 1.39 bits per heavy atom. The maximum atomic E-state index is 5.97. The Labute approximate surface area is 117 Å². The van der Waals surface area contributed by atoms with E-state index in [4.69, 9.17) is 17.4 Å². The van der Waals surface area contributed by atoms with Gasteiger partial charge in [0.1, 0.15) is 0 Å². The lowest BCUT2D eigenvalue weighted by atomic mass is 9.98. The molecule has 0 bridgehead atoms. The molecule has 18 heavy (non-hydrogen) atoms. The summed E-state index contributed by atoms with van der Waals surface area (Å²) in [6.45, 7) is 2.07. The number of aryl methyl sites for hydroxylation is 2. The fourth-order valence-corrected chi connectivity index (χ4v) is 3.05. The average molecular weight is 281 g/mol. The lowest BCUT2D eigenvalue weighted by Gasteiger charge is -2.18. The highest BCUT2D eigenvalue weighted by molar-refractivity contribution is 7.09. The van der Waals surface area contributed by atoms with Crippen LogP contribution in [0.15, 0.2) is 35.7 Å². The number of hydrogen-bond acceptors (Lipinski definition) is 3. The van der Waals surface area contributed by atoms with Gasteiger partial charge in [-0.25, -0.2) is 0 Å². The zero-order valence-electron chi connectivity index (χ0n) is 10.3. The molecule has 2 rings (SSSR count). The van der Waals surface area contributed by atoms with Gasteiger partial charge >= 0.3 is 0 Å². The van der Waals surface area contributed by atoms with E-state index in [0.29, 0.717) is 0 Å². The van der Waals surface area contributed by atoms with E-state index in [2.05, 4.69) is 35.9 Å². The van der Waals surface area contributed by atoms with Crippen LogP contribution < -0.4 is 11.3 Å². The molecule has 0 fully saturated rings. The van der Waals surface area contributed by atoms with E-state index in [1.165, 1.54) is 16.0 Å². The number of rotatable bonds is 5. The molecule has 4 heteroatoms. The fraction of sp³-hybridized carbons (Fsp3) is 0.286. The number of benzene rings is 1. The third-order valence-corrected chi connectivity index (χ3v) is 4.24. The van der Waals surface area contributed by atoms with Crippen molar-refractivity contribution in [3.8, 4) is 0 Å². The van der Waals surface area contributed by atoms with Crippen LogP contribution in [0.2, 0.25) is 5.02 Å². The van der Waals surface area contributed by atoms with Crippen LogP contribution in [0.4, 0.5) is 0 Å². The van der Waals surface area contributed by atoms with Gasteiger partial charge in [0.2, 0.25) is 0 Å². The van der Waals surface area contributed by atoms with Crippen molar-refractivity contribution in [1.29, 1.82) is 0 Å². The van der Waals surface area contributed by atoms with Crippen LogP contribution in [0, 0.1) is 6.92 Å². The molecule has 2 nitrogen and oxygen atoms in total. The van der Waals surface area contributed by atoms with Crippen molar-refractivity contribution in [2.75, 3.05) is 0 Å². The van der Waals surface area contributed by atoms with Crippen LogP contribution in [-0.4, -0.2) is 0 Å². The van der Waals surface area contributed by atoms with Crippen LogP contribution in [0.25, 0.3) is 0 Å². The first-order valence-corrected chi connectivity index (χ1v) is 7.21. The number of halogens is 1. The van der Waals surface area contributed by atoms with Crippen LogP contribution in [0.1, 0.15) is 28.5 Å². The summed E-state index contributed by atoms with van der Waals surface area (Å²) in [5, 5.41) is 2.87. The second-order valence-electron chi connectivity index (χ2n) is 4.34. The van der Waals surface area contributed by atoms with E-state index in [9.17, 15) is 0 Å². The first kappa shape index (κ1) is 13.6. The second-order valence-corrected chi connectivity index (χ2v) is 5.81. The maximum Gasteiger partial charge on any atom is 0.0466 e. The van der Waals surface area contributed by atoms with Gasteiger partial charge in [-0.05, 0) is 54.5 Å². The van der Waals surface area contributed by atoms with E-state index in [1.807, 2.05) is 12.1 Å². The predicted molar refractivity (Wildman–Crippen MR) is 78.9 cm³/mol. The number of hydrogen-bond donors (Lipinski definition) is 2. The fourth-order valence-electron chi connectivity index (χ4n) is 2.10. The summed E-state index contributed by atoms with van der Waals surface area (Å²) in [7, 11) is 0. The van der Waals surface area contributed by atoms with Gasteiger partial charge in [0.15, 0.2) is 0 Å². The molecular formula is C14H17ClN2S. The summed E-state index contributed by atoms with van der Waals surface area (Å²) in [5.41, 5.74) is 5.30. The summed E-state index contributed by atoms with van der Waals surface area (Å²) in [6, 6.07) is 10.4. The topological polar surface area (TPSA) is 38.0 Å². The third-order valence-electron chi connectivity index (χ3n) is 3.07. The van der Waals surface area contributed by atoms with Crippen molar-refractivity contribution in [2.24, 2.45) is 5.84 Å². The molecule has 1 unspecified atom stereocenters. The summed E-state index contributed by atoms with van der Waals surface area (Å²) >= 11 is 7.76. The Morgan fingerprint density at radius 3 is 2.83 bits per heavy atom. The highest BCUT2D eigenvalue weighted by Crippen LogP contribution is 2.25. The van der Waals surface area contributed by atoms with Crippen LogP contribution in [0.5, 0.6) is 0 Å². The number of hydrazine groups is 1. The molecular weight excluding hydrogens is 264 g/mol. The highest BCUT2D eigenvalue weighted by atomic mass is 35.5. The van der Waals surface area contributed by atoms with Crippen molar-refractivity contribution in [2.45, 2.75) is 25.8 Å². The first-order chi connectivity index (χ1) is 8.70.